The van der Waals surface area contributed by atoms with Crippen LogP contribution in [0, 0.1) is 0 Å². The van der Waals surface area contributed by atoms with Gasteiger partial charge in [0.25, 0.3) is 10.1 Å². The fourth-order valence-corrected chi connectivity index (χ4v) is 2.98. The van der Waals surface area contributed by atoms with E-state index in [1.54, 1.807) is 12.1 Å². The molecule has 0 unspecified atom stereocenters. The molecule has 0 radical (unpaired) electrons. The van der Waals surface area contributed by atoms with Gasteiger partial charge in [-0.25, -0.2) is 0 Å². The molecule has 0 saturated heterocycles. The fraction of sp³-hybridized carbons (Fsp3) is 0.143. The molecule has 0 aromatic heterocycles. The fourth-order valence-electron chi connectivity index (χ4n) is 2.28. The monoisotopic (exact) mass is 292 g/mol. The molecule has 0 bridgehead atoms. The van der Waals surface area contributed by atoms with Crippen LogP contribution >= 0.6 is 0 Å². The number of rotatable bonds is 2. The second-order valence-electron chi connectivity index (χ2n) is 4.58. The molecule has 0 saturated carbocycles. The highest BCUT2D eigenvalue weighted by atomic mass is 32.2. The predicted octanol–water partition coefficient (Wildman–Crippen LogP) is 2.24. The molecule has 2 aromatic rings. The van der Waals surface area contributed by atoms with Gasteiger partial charge < -0.3 is 9.84 Å². The van der Waals surface area contributed by atoms with E-state index in [-0.39, 0.29) is 16.4 Å². The van der Waals surface area contributed by atoms with Gasteiger partial charge in [-0.2, -0.15) is 8.42 Å². The Hall–Kier alpha value is -2.05. The van der Waals surface area contributed by atoms with Crippen molar-refractivity contribution in [1.29, 1.82) is 0 Å². The van der Waals surface area contributed by atoms with Crippen molar-refractivity contribution in [3.8, 4) is 22.6 Å². The van der Waals surface area contributed by atoms with Gasteiger partial charge >= 0.3 is 0 Å². The molecule has 0 fully saturated rings. The van der Waals surface area contributed by atoms with Gasteiger partial charge in [-0.1, -0.05) is 12.1 Å². The summed E-state index contributed by atoms with van der Waals surface area (Å²) in [7, 11) is -4.34. The number of aromatic hydroxyl groups is 1. The minimum atomic E-state index is -4.34. The van der Waals surface area contributed by atoms with Crippen LogP contribution < -0.4 is 4.74 Å². The van der Waals surface area contributed by atoms with Gasteiger partial charge in [0, 0.05) is 6.42 Å². The number of benzene rings is 2. The number of phenols is 1. The second kappa shape index (κ2) is 4.50. The first-order chi connectivity index (χ1) is 9.45. The van der Waals surface area contributed by atoms with E-state index in [0.29, 0.717) is 18.6 Å². The molecule has 20 heavy (non-hydrogen) atoms. The molecule has 0 amide bonds. The Morgan fingerprint density at radius 1 is 1.05 bits per heavy atom. The third-order valence-corrected chi connectivity index (χ3v) is 4.09. The van der Waals surface area contributed by atoms with E-state index < -0.39 is 10.1 Å². The van der Waals surface area contributed by atoms with Crippen molar-refractivity contribution in [3.05, 3.63) is 42.0 Å². The minimum absolute atomic E-state index is 0.133. The first-order valence-electron chi connectivity index (χ1n) is 6.02. The highest BCUT2D eigenvalue weighted by molar-refractivity contribution is 7.86. The summed E-state index contributed by atoms with van der Waals surface area (Å²) in [6.45, 7) is 0.400. The van der Waals surface area contributed by atoms with Crippen LogP contribution in [0.5, 0.6) is 11.5 Å². The highest BCUT2D eigenvalue weighted by Gasteiger charge is 2.25. The highest BCUT2D eigenvalue weighted by Crippen LogP contribution is 2.37. The first kappa shape index (κ1) is 13.0. The summed E-state index contributed by atoms with van der Waals surface area (Å²) >= 11 is 0. The lowest BCUT2D eigenvalue weighted by Crippen LogP contribution is -2.01. The van der Waals surface area contributed by atoms with Gasteiger partial charge in [0.2, 0.25) is 0 Å². The summed E-state index contributed by atoms with van der Waals surface area (Å²) in [5.41, 5.74) is 2.16. The van der Waals surface area contributed by atoms with E-state index >= 15 is 0 Å². The Balaban J connectivity index is 2.21. The van der Waals surface area contributed by atoms with Crippen LogP contribution in [0.25, 0.3) is 11.1 Å². The molecule has 5 nitrogen and oxygen atoms in total. The minimum Gasteiger partial charge on any atom is -0.508 e. The van der Waals surface area contributed by atoms with Gasteiger partial charge in [0.05, 0.1) is 6.61 Å². The number of ether oxygens (including phenoxy) is 1. The van der Waals surface area contributed by atoms with Crippen LogP contribution in [0.4, 0.5) is 0 Å². The zero-order chi connectivity index (χ0) is 14.3. The molecular weight excluding hydrogens is 280 g/mol. The molecule has 2 aromatic carbocycles. The molecule has 2 N–H and O–H groups in total. The molecule has 104 valence electrons. The number of hydrogen-bond donors (Lipinski definition) is 2. The Morgan fingerprint density at radius 3 is 2.40 bits per heavy atom. The lowest BCUT2D eigenvalue weighted by Gasteiger charge is -2.09. The van der Waals surface area contributed by atoms with E-state index in [9.17, 15) is 18.1 Å². The van der Waals surface area contributed by atoms with Gasteiger partial charge in [-0.05, 0) is 41.0 Å². The molecule has 0 aliphatic carbocycles. The average molecular weight is 292 g/mol. The van der Waals surface area contributed by atoms with Crippen molar-refractivity contribution in [3.63, 3.8) is 0 Å². The van der Waals surface area contributed by atoms with Gasteiger partial charge in [0.15, 0.2) is 0 Å². The normalized spacial score (nSPS) is 13.8. The lowest BCUT2D eigenvalue weighted by molar-refractivity contribution is 0.346. The van der Waals surface area contributed by atoms with Crippen LogP contribution in [0.1, 0.15) is 5.56 Å². The third kappa shape index (κ3) is 2.23. The zero-order valence-electron chi connectivity index (χ0n) is 10.4. The summed E-state index contributed by atoms with van der Waals surface area (Å²) in [6.07, 6.45) is 0.601. The summed E-state index contributed by atoms with van der Waals surface area (Å²) in [5, 5.41) is 9.29. The second-order valence-corrected chi connectivity index (χ2v) is 5.97. The van der Waals surface area contributed by atoms with Crippen LogP contribution in [0.15, 0.2) is 41.3 Å². The molecule has 1 aliphatic heterocycles. The Kier molecular flexibility index (Phi) is 2.92. The van der Waals surface area contributed by atoms with Crippen molar-refractivity contribution in [1.82, 2.24) is 0 Å². The summed E-state index contributed by atoms with van der Waals surface area (Å²) in [4.78, 5) is -0.212. The third-order valence-electron chi connectivity index (χ3n) is 3.23. The van der Waals surface area contributed by atoms with Crippen LogP contribution in [0.3, 0.4) is 0 Å². The standard InChI is InChI=1S/C14H12O5S/c15-12-3-1-9(2-4-12)11-7-10-5-6-19-14(10)13(8-11)20(16,17)18/h1-4,7-8,15H,5-6H2,(H,16,17,18). The predicted molar refractivity (Wildman–Crippen MR) is 72.6 cm³/mol. The molecule has 0 atom stereocenters. The smallest absolute Gasteiger partial charge is 0.298 e. The SMILES string of the molecule is O=S(=O)(O)c1cc(-c2ccc(O)cc2)cc2c1OCC2. The van der Waals surface area contributed by atoms with E-state index in [1.165, 1.54) is 18.2 Å². The maximum Gasteiger partial charge on any atom is 0.298 e. The van der Waals surface area contributed by atoms with E-state index in [0.717, 1.165) is 11.1 Å². The molecule has 0 spiro atoms. The number of phenolic OH excluding ortho intramolecular Hbond substituents is 1. The quantitative estimate of drug-likeness (QED) is 0.829. The largest absolute Gasteiger partial charge is 0.508 e. The summed E-state index contributed by atoms with van der Waals surface area (Å²) in [5.74, 6) is 0.364. The average Bonchev–Trinajstić information content (AvgIpc) is 2.85. The Bertz CT molecular complexity index is 763. The lowest BCUT2D eigenvalue weighted by atomic mass is 10.0. The van der Waals surface area contributed by atoms with E-state index in [1.807, 2.05) is 6.07 Å². The summed E-state index contributed by atoms with van der Waals surface area (Å²) in [6, 6.07) is 9.62. The number of hydrogen-bond acceptors (Lipinski definition) is 4. The maximum atomic E-state index is 11.5. The van der Waals surface area contributed by atoms with Crippen LogP contribution in [0.2, 0.25) is 0 Å². The van der Waals surface area contributed by atoms with E-state index in [4.69, 9.17) is 4.74 Å². The molecular formula is C14H12O5S. The molecule has 1 heterocycles. The zero-order valence-corrected chi connectivity index (χ0v) is 11.2. The summed E-state index contributed by atoms with van der Waals surface area (Å²) < 4.78 is 37.5. The Labute approximate surface area is 116 Å². The molecule has 3 rings (SSSR count). The van der Waals surface area contributed by atoms with E-state index in [2.05, 4.69) is 0 Å². The first-order valence-corrected chi connectivity index (χ1v) is 7.46. The van der Waals surface area contributed by atoms with Gasteiger partial charge in [0.1, 0.15) is 16.4 Å². The topological polar surface area (TPSA) is 83.8 Å². The van der Waals surface area contributed by atoms with Crippen molar-refractivity contribution < 1.29 is 22.8 Å². The van der Waals surface area contributed by atoms with Gasteiger partial charge in [-0.3, -0.25) is 4.55 Å². The van der Waals surface area contributed by atoms with Crippen LogP contribution in [-0.2, 0) is 16.5 Å². The molecule has 1 aliphatic rings. The van der Waals surface area contributed by atoms with Crippen molar-refractivity contribution >= 4 is 10.1 Å². The van der Waals surface area contributed by atoms with Crippen LogP contribution in [-0.4, -0.2) is 24.7 Å². The van der Waals surface area contributed by atoms with Crippen molar-refractivity contribution in [2.75, 3.05) is 6.61 Å². The van der Waals surface area contributed by atoms with Crippen molar-refractivity contribution in [2.45, 2.75) is 11.3 Å². The Morgan fingerprint density at radius 2 is 1.75 bits per heavy atom. The van der Waals surface area contributed by atoms with Gasteiger partial charge in [-0.15, -0.1) is 0 Å². The number of fused-ring (bicyclic) bond motifs is 1. The van der Waals surface area contributed by atoms with Crippen molar-refractivity contribution in [2.24, 2.45) is 0 Å². The molecule has 6 heteroatoms. The maximum absolute atomic E-state index is 11.5.